The van der Waals surface area contributed by atoms with Gasteiger partial charge in [-0.2, -0.15) is 0 Å². The second-order valence-corrected chi connectivity index (χ2v) is 7.48. The third-order valence-electron chi connectivity index (χ3n) is 4.40. The van der Waals surface area contributed by atoms with Crippen LogP contribution in [0.2, 0.25) is 5.02 Å². The number of benzene rings is 1. The number of carbonyl (C=O) groups is 2. The van der Waals surface area contributed by atoms with E-state index in [1.54, 1.807) is 24.3 Å². The number of hydrogen-bond donors (Lipinski definition) is 1. The van der Waals surface area contributed by atoms with E-state index in [-0.39, 0.29) is 17.9 Å². The number of piperazine rings is 1. The molecule has 1 atom stereocenters. The van der Waals surface area contributed by atoms with Gasteiger partial charge in [0.25, 0.3) is 5.91 Å². The summed E-state index contributed by atoms with van der Waals surface area (Å²) in [6, 6.07) is 6.95. The van der Waals surface area contributed by atoms with Gasteiger partial charge in [-0.3, -0.25) is 9.59 Å². The first-order chi connectivity index (χ1) is 11.9. The first-order valence-electron chi connectivity index (χ1n) is 8.93. The van der Waals surface area contributed by atoms with Crippen molar-refractivity contribution < 1.29 is 9.59 Å². The van der Waals surface area contributed by atoms with Crippen LogP contribution in [0.25, 0.3) is 0 Å². The number of halogens is 1. The number of carbonyl (C=O) groups excluding carboxylic acids is 2. The predicted molar refractivity (Wildman–Crippen MR) is 101 cm³/mol. The van der Waals surface area contributed by atoms with Crippen molar-refractivity contribution in [2.45, 2.75) is 33.2 Å². The van der Waals surface area contributed by atoms with E-state index in [4.69, 9.17) is 11.6 Å². The Morgan fingerprint density at radius 2 is 1.92 bits per heavy atom. The van der Waals surface area contributed by atoms with Crippen molar-refractivity contribution in [1.82, 2.24) is 15.1 Å². The minimum Gasteiger partial charge on any atom is -0.339 e. The van der Waals surface area contributed by atoms with Gasteiger partial charge in [0.05, 0.1) is 0 Å². The number of nitrogens with one attached hydrogen (secondary N) is 1. The van der Waals surface area contributed by atoms with Gasteiger partial charge in [0.15, 0.2) is 0 Å². The van der Waals surface area contributed by atoms with Crippen LogP contribution < -0.4 is 5.32 Å². The van der Waals surface area contributed by atoms with Gasteiger partial charge in [-0.05, 0) is 43.7 Å². The van der Waals surface area contributed by atoms with E-state index in [1.807, 2.05) is 16.7 Å². The number of amides is 2. The molecular formula is C19H28ClN3O2. The summed E-state index contributed by atoms with van der Waals surface area (Å²) < 4.78 is 0. The standard InChI is InChI=1S/C19H28ClN3O2/c1-14(2)12-21-9-8-18(24)22-10-11-23(15(3)13-22)19(25)16-4-6-17(20)7-5-16/h4-7,14-15,21H,8-13H2,1-3H3/t15-/m1/s1. The molecule has 6 heteroatoms. The summed E-state index contributed by atoms with van der Waals surface area (Å²) in [5.41, 5.74) is 0.633. The van der Waals surface area contributed by atoms with Gasteiger partial charge in [0.1, 0.15) is 0 Å². The van der Waals surface area contributed by atoms with Gasteiger partial charge < -0.3 is 15.1 Å². The highest BCUT2D eigenvalue weighted by atomic mass is 35.5. The molecular weight excluding hydrogens is 338 g/mol. The normalized spacial score (nSPS) is 17.9. The molecule has 1 heterocycles. The quantitative estimate of drug-likeness (QED) is 0.788. The lowest BCUT2D eigenvalue weighted by molar-refractivity contribution is -0.133. The van der Waals surface area contributed by atoms with Crippen LogP contribution in [0.3, 0.4) is 0 Å². The highest BCUT2D eigenvalue weighted by molar-refractivity contribution is 6.30. The Morgan fingerprint density at radius 3 is 2.52 bits per heavy atom. The first kappa shape index (κ1) is 19.7. The molecule has 138 valence electrons. The van der Waals surface area contributed by atoms with Crippen molar-refractivity contribution in [2.75, 3.05) is 32.7 Å². The average Bonchev–Trinajstić information content (AvgIpc) is 2.58. The molecule has 1 aromatic carbocycles. The van der Waals surface area contributed by atoms with E-state index in [2.05, 4.69) is 19.2 Å². The van der Waals surface area contributed by atoms with Gasteiger partial charge in [-0.1, -0.05) is 25.4 Å². The summed E-state index contributed by atoms with van der Waals surface area (Å²) in [6.45, 7) is 9.65. The Kier molecular flexibility index (Phi) is 7.26. The lowest BCUT2D eigenvalue weighted by atomic mass is 10.1. The molecule has 0 radical (unpaired) electrons. The third-order valence-corrected chi connectivity index (χ3v) is 4.65. The fraction of sp³-hybridized carbons (Fsp3) is 0.579. The average molecular weight is 366 g/mol. The second-order valence-electron chi connectivity index (χ2n) is 7.04. The monoisotopic (exact) mass is 365 g/mol. The Balaban J connectivity index is 1.84. The van der Waals surface area contributed by atoms with Crippen LogP contribution in [-0.4, -0.2) is 60.4 Å². The van der Waals surface area contributed by atoms with Crippen LogP contribution in [0.15, 0.2) is 24.3 Å². The highest BCUT2D eigenvalue weighted by Crippen LogP contribution is 2.16. The van der Waals surface area contributed by atoms with Crippen molar-refractivity contribution in [2.24, 2.45) is 5.92 Å². The zero-order valence-electron chi connectivity index (χ0n) is 15.3. The Morgan fingerprint density at radius 1 is 1.24 bits per heavy atom. The third kappa shape index (κ3) is 5.72. The van der Waals surface area contributed by atoms with Crippen molar-refractivity contribution in [1.29, 1.82) is 0 Å². The largest absolute Gasteiger partial charge is 0.339 e. The SMILES string of the molecule is CC(C)CNCCC(=O)N1CCN(C(=O)c2ccc(Cl)cc2)[C@H](C)C1. The van der Waals surface area contributed by atoms with E-state index in [1.165, 1.54) is 0 Å². The molecule has 0 unspecified atom stereocenters. The van der Waals surface area contributed by atoms with Gasteiger partial charge in [0.2, 0.25) is 5.91 Å². The smallest absolute Gasteiger partial charge is 0.254 e. The molecule has 1 N–H and O–H groups in total. The second kappa shape index (κ2) is 9.20. The number of rotatable bonds is 6. The van der Waals surface area contributed by atoms with Crippen molar-refractivity contribution in [3.8, 4) is 0 Å². The number of nitrogens with zero attached hydrogens (tertiary/aromatic N) is 2. The summed E-state index contributed by atoms with van der Waals surface area (Å²) in [7, 11) is 0. The van der Waals surface area contributed by atoms with Crippen molar-refractivity contribution in [3.05, 3.63) is 34.9 Å². The van der Waals surface area contributed by atoms with Crippen LogP contribution in [0.4, 0.5) is 0 Å². The molecule has 0 saturated carbocycles. The van der Waals surface area contributed by atoms with Crippen LogP contribution >= 0.6 is 11.6 Å². The molecule has 1 aliphatic rings. The summed E-state index contributed by atoms with van der Waals surface area (Å²) in [5.74, 6) is 0.731. The lowest BCUT2D eigenvalue weighted by Crippen LogP contribution is -2.55. The summed E-state index contributed by atoms with van der Waals surface area (Å²) in [5, 5.41) is 3.91. The summed E-state index contributed by atoms with van der Waals surface area (Å²) >= 11 is 5.88. The first-order valence-corrected chi connectivity index (χ1v) is 9.31. The maximum atomic E-state index is 12.6. The fourth-order valence-electron chi connectivity index (χ4n) is 2.99. The van der Waals surface area contributed by atoms with E-state index in [0.717, 1.165) is 6.54 Å². The van der Waals surface area contributed by atoms with Gasteiger partial charge in [-0.15, -0.1) is 0 Å². The fourth-order valence-corrected chi connectivity index (χ4v) is 3.11. The Hall–Kier alpha value is -1.59. The maximum Gasteiger partial charge on any atom is 0.254 e. The van der Waals surface area contributed by atoms with Gasteiger partial charge in [-0.25, -0.2) is 0 Å². The highest BCUT2D eigenvalue weighted by Gasteiger charge is 2.29. The molecule has 0 spiro atoms. The molecule has 1 fully saturated rings. The lowest BCUT2D eigenvalue weighted by Gasteiger charge is -2.40. The summed E-state index contributed by atoms with van der Waals surface area (Å²) in [6.07, 6.45) is 0.505. The zero-order chi connectivity index (χ0) is 18.4. The van der Waals surface area contributed by atoms with Gasteiger partial charge >= 0.3 is 0 Å². The molecule has 25 heavy (non-hydrogen) atoms. The molecule has 2 rings (SSSR count). The van der Waals surface area contributed by atoms with E-state index in [0.29, 0.717) is 49.1 Å². The molecule has 5 nitrogen and oxygen atoms in total. The van der Waals surface area contributed by atoms with Crippen LogP contribution in [0, 0.1) is 5.92 Å². The molecule has 0 aliphatic carbocycles. The Bertz CT molecular complexity index is 589. The maximum absolute atomic E-state index is 12.6. The molecule has 1 aliphatic heterocycles. The van der Waals surface area contributed by atoms with Crippen molar-refractivity contribution in [3.63, 3.8) is 0 Å². The van der Waals surface area contributed by atoms with Crippen LogP contribution in [-0.2, 0) is 4.79 Å². The van der Waals surface area contributed by atoms with E-state index < -0.39 is 0 Å². The molecule has 0 bridgehead atoms. The minimum atomic E-state index is -0.00475. The summed E-state index contributed by atoms with van der Waals surface area (Å²) in [4.78, 5) is 28.7. The minimum absolute atomic E-state index is 0.00417. The van der Waals surface area contributed by atoms with E-state index >= 15 is 0 Å². The topological polar surface area (TPSA) is 52.7 Å². The van der Waals surface area contributed by atoms with Gasteiger partial charge in [0, 0.05) is 49.2 Å². The molecule has 2 amide bonds. The molecule has 1 saturated heterocycles. The van der Waals surface area contributed by atoms with Crippen molar-refractivity contribution >= 4 is 23.4 Å². The predicted octanol–water partition coefficient (Wildman–Crippen LogP) is 2.65. The van der Waals surface area contributed by atoms with Crippen LogP contribution in [0.1, 0.15) is 37.6 Å². The molecule has 1 aromatic rings. The zero-order valence-corrected chi connectivity index (χ0v) is 16.1. The van der Waals surface area contributed by atoms with E-state index in [9.17, 15) is 9.59 Å². The molecule has 0 aromatic heterocycles. The van der Waals surface area contributed by atoms with Crippen LogP contribution in [0.5, 0.6) is 0 Å². The Labute approximate surface area is 155 Å². The number of hydrogen-bond acceptors (Lipinski definition) is 3.